The maximum atomic E-state index is 13.6. The summed E-state index contributed by atoms with van der Waals surface area (Å²) in [5.41, 5.74) is -5.09. The van der Waals surface area contributed by atoms with Crippen LogP contribution in [0.25, 0.3) is 0 Å². The third-order valence-electron chi connectivity index (χ3n) is 5.60. The number of carbonyl (C=O) groups is 1. The van der Waals surface area contributed by atoms with Crippen LogP contribution in [0.2, 0.25) is 0 Å². The molecule has 1 aromatic heterocycles. The van der Waals surface area contributed by atoms with Gasteiger partial charge in [-0.2, -0.15) is 22.0 Å². The zero-order valence-corrected chi connectivity index (χ0v) is 20.6. The summed E-state index contributed by atoms with van der Waals surface area (Å²) in [6.07, 6.45) is -3.76. The van der Waals surface area contributed by atoms with Gasteiger partial charge in [0.2, 0.25) is 5.91 Å². The molecule has 1 amide bonds. The third kappa shape index (κ3) is 5.67. The average Bonchev–Trinajstić information content (AvgIpc) is 3.40. The lowest BCUT2D eigenvalue weighted by atomic mass is 9.93. The Hall–Kier alpha value is -1.87. The predicted octanol–water partition coefficient (Wildman–Crippen LogP) is 4.47. The first-order valence-corrected chi connectivity index (χ1v) is 12.7. The van der Waals surface area contributed by atoms with Gasteiger partial charge < -0.3 is 10.4 Å². The van der Waals surface area contributed by atoms with Crippen LogP contribution >= 0.6 is 22.6 Å². The highest BCUT2D eigenvalue weighted by molar-refractivity contribution is 14.1. The molecule has 3 atom stereocenters. The molecular weight excluding hydrogens is 598 g/mol. The molecule has 1 fully saturated rings. The fraction of sp³-hybridized carbons (Fsp3) is 0.429. The molecule has 0 bridgehead atoms. The molecule has 186 valence electrons. The van der Waals surface area contributed by atoms with Crippen molar-refractivity contribution in [3.8, 4) is 0 Å². The molecule has 0 aliphatic heterocycles. The van der Waals surface area contributed by atoms with E-state index in [1.807, 2.05) is 6.92 Å². The van der Waals surface area contributed by atoms with Crippen LogP contribution in [0.3, 0.4) is 0 Å². The van der Waals surface area contributed by atoms with Crippen LogP contribution in [0.1, 0.15) is 24.5 Å². The normalized spacial score (nSPS) is 20.5. The number of nitrogens with one attached hydrogen (secondary N) is 1. The van der Waals surface area contributed by atoms with Crippen molar-refractivity contribution in [3.63, 3.8) is 0 Å². The summed E-state index contributed by atoms with van der Waals surface area (Å²) in [5.74, 6) is -0.0856. The molecule has 6 nitrogen and oxygen atoms in total. The number of sulfone groups is 1. The molecule has 1 aromatic carbocycles. The van der Waals surface area contributed by atoms with E-state index in [1.165, 1.54) is 18.3 Å². The van der Waals surface area contributed by atoms with Crippen LogP contribution in [0, 0.1) is 11.8 Å². The van der Waals surface area contributed by atoms with E-state index in [2.05, 4.69) is 10.3 Å². The number of pyridine rings is 1. The molecule has 2 aromatic rings. The maximum absolute atomic E-state index is 13.6. The Bertz CT molecular complexity index is 1140. The Morgan fingerprint density at radius 3 is 2.18 bits per heavy atom. The summed E-state index contributed by atoms with van der Waals surface area (Å²) in [6, 6.07) is 5.96. The molecule has 3 rings (SSSR count). The predicted molar refractivity (Wildman–Crippen MR) is 121 cm³/mol. The summed E-state index contributed by atoms with van der Waals surface area (Å²) >= 11 is 0.225. The fourth-order valence-electron chi connectivity index (χ4n) is 3.37. The number of amides is 1. The first kappa shape index (κ1) is 26.7. The molecule has 0 saturated heterocycles. The first-order chi connectivity index (χ1) is 15.5. The molecule has 1 heterocycles. The Morgan fingerprint density at radius 2 is 1.74 bits per heavy atom. The van der Waals surface area contributed by atoms with E-state index < -0.39 is 37.0 Å². The number of anilines is 1. The molecule has 1 aliphatic rings. The lowest BCUT2D eigenvalue weighted by Gasteiger charge is -2.34. The lowest BCUT2D eigenvalue weighted by Crippen LogP contribution is -2.53. The van der Waals surface area contributed by atoms with Gasteiger partial charge in [-0.25, -0.2) is 13.4 Å². The number of aliphatic hydroxyl groups is 1. The van der Waals surface area contributed by atoms with Crippen LogP contribution in [-0.4, -0.2) is 40.3 Å². The minimum atomic E-state index is -5.65. The second-order valence-electron chi connectivity index (χ2n) is 8.27. The Kier molecular flexibility index (Phi) is 7.31. The van der Waals surface area contributed by atoms with Crippen LogP contribution < -0.4 is 5.32 Å². The largest absolute Gasteiger partial charge is 0.428 e. The van der Waals surface area contributed by atoms with Crippen molar-refractivity contribution in [2.75, 3.05) is 11.1 Å². The molecule has 3 unspecified atom stereocenters. The lowest BCUT2D eigenvalue weighted by molar-refractivity contribution is -0.310. The highest BCUT2D eigenvalue weighted by Crippen LogP contribution is 2.52. The molecule has 13 heteroatoms. The number of benzene rings is 1. The Morgan fingerprint density at radius 1 is 1.15 bits per heavy atom. The SMILES string of the molecule is CC1CC1CS(=O)(=O)c1ccc(CC(=O)Nc2ccc(C(O)(C(F)(F)F)C(F)(F)I)cc2)cn1. The summed E-state index contributed by atoms with van der Waals surface area (Å²) < 4.78 is 86.9. The number of aromatic nitrogens is 1. The fourth-order valence-corrected chi connectivity index (χ4v) is 5.68. The van der Waals surface area contributed by atoms with Gasteiger partial charge in [-0.15, -0.1) is 0 Å². The van der Waals surface area contributed by atoms with Gasteiger partial charge in [0.15, 0.2) is 14.9 Å². The van der Waals surface area contributed by atoms with Gasteiger partial charge in [-0.3, -0.25) is 4.79 Å². The smallest absolute Gasteiger partial charge is 0.371 e. The van der Waals surface area contributed by atoms with Gasteiger partial charge in [0.05, 0.1) is 12.2 Å². The van der Waals surface area contributed by atoms with Crippen molar-refractivity contribution in [1.29, 1.82) is 0 Å². The molecule has 2 N–H and O–H groups in total. The van der Waals surface area contributed by atoms with Crippen molar-refractivity contribution in [2.24, 2.45) is 11.8 Å². The van der Waals surface area contributed by atoms with Gasteiger partial charge in [0.1, 0.15) is 0 Å². The first-order valence-electron chi connectivity index (χ1n) is 9.98. The number of rotatable bonds is 8. The maximum Gasteiger partial charge on any atom is 0.428 e. The van der Waals surface area contributed by atoms with E-state index in [0.717, 1.165) is 18.6 Å². The minimum Gasteiger partial charge on any atom is -0.371 e. The van der Waals surface area contributed by atoms with E-state index >= 15 is 0 Å². The van der Waals surface area contributed by atoms with Gasteiger partial charge >= 0.3 is 10.1 Å². The average molecular weight is 618 g/mol. The van der Waals surface area contributed by atoms with E-state index in [0.29, 0.717) is 23.6 Å². The zero-order chi connectivity index (χ0) is 25.5. The van der Waals surface area contributed by atoms with Crippen LogP contribution in [0.5, 0.6) is 0 Å². The number of hydrogen-bond acceptors (Lipinski definition) is 5. The van der Waals surface area contributed by atoms with Gasteiger partial charge in [0.25, 0.3) is 5.60 Å². The van der Waals surface area contributed by atoms with E-state index in [9.17, 15) is 40.3 Å². The molecule has 1 saturated carbocycles. The number of alkyl halides is 6. The van der Waals surface area contributed by atoms with Gasteiger partial charge in [-0.05, 0) is 47.6 Å². The summed E-state index contributed by atoms with van der Waals surface area (Å²) in [4.78, 5) is 16.2. The van der Waals surface area contributed by atoms with Gasteiger partial charge in [0, 0.05) is 34.5 Å². The monoisotopic (exact) mass is 618 g/mol. The van der Waals surface area contributed by atoms with Crippen LogP contribution in [-0.2, 0) is 26.7 Å². The van der Waals surface area contributed by atoms with Crippen molar-refractivity contribution < 1.29 is 40.3 Å². The summed E-state index contributed by atoms with van der Waals surface area (Å²) in [7, 11) is -3.53. The van der Waals surface area contributed by atoms with Crippen molar-refractivity contribution >= 4 is 44.0 Å². The second-order valence-corrected chi connectivity index (χ2v) is 11.6. The summed E-state index contributed by atoms with van der Waals surface area (Å²) in [5, 5.41) is 12.1. The topological polar surface area (TPSA) is 96.4 Å². The summed E-state index contributed by atoms with van der Waals surface area (Å²) in [6.45, 7) is 1.97. The highest BCUT2D eigenvalue weighted by atomic mass is 127. The molecular formula is C21H20F5IN2O4S. The van der Waals surface area contributed by atoms with Crippen molar-refractivity contribution in [1.82, 2.24) is 4.98 Å². The molecule has 0 spiro atoms. The number of nitrogens with zero attached hydrogens (tertiary/aromatic N) is 1. The van der Waals surface area contributed by atoms with Crippen LogP contribution in [0.15, 0.2) is 47.6 Å². The zero-order valence-electron chi connectivity index (χ0n) is 17.6. The molecule has 0 radical (unpaired) electrons. The number of halogens is 6. The van der Waals surface area contributed by atoms with E-state index in [-0.39, 0.29) is 51.4 Å². The standard InChI is InChI=1S/C21H20F5IN2O4S/c1-12-8-14(12)11-34(32,33)18-7-2-13(10-28-18)9-17(30)29-16-5-3-15(4-6-16)19(31,20(22,23)24)21(25,26)27/h2-7,10,12,14,31H,8-9,11H2,1H3,(H,29,30). The van der Waals surface area contributed by atoms with Crippen LogP contribution in [0.4, 0.5) is 27.6 Å². The van der Waals surface area contributed by atoms with E-state index in [4.69, 9.17) is 0 Å². The minimum absolute atomic E-state index is 0.0146. The number of hydrogen-bond donors (Lipinski definition) is 2. The van der Waals surface area contributed by atoms with Crippen molar-refractivity contribution in [2.45, 2.75) is 40.5 Å². The second kappa shape index (κ2) is 9.30. The Labute approximate surface area is 206 Å². The quantitative estimate of drug-likeness (QED) is 0.259. The Balaban J connectivity index is 1.65. The third-order valence-corrected chi connectivity index (χ3v) is 8.12. The van der Waals surface area contributed by atoms with E-state index in [1.54, 1.807) is 0 Å². The number of carbonyl (C=O) groups excluding carboxylic acids is 1. The molecule has 34 heavy (non-hydrogen) atoms. The highest BCUT2D eigenvalue weighted by Gasteiger charge is 2.69. The van der Waals surface area contributed by atoms with Gasteiger partial charge in [-0.1, -0.05) is 25.1 Å². The molecule has 1 aliphatic carbocycles. The van der Waals surface area contributed by atoms with Crippen molar-refractivity contribution in [3.05, 3.63) is 53.7 Å².